The molecule has 0 aromatic heterocycles. The molecule has 0 unspecified atom stereocenters. The number of rotatable bonds is 5. The molecule has 2 rings (SSSR count). The standard InChI is InChI=1S/C11H13ClO6S2/c1-17-11-4-8(5-20(12,15)16)2-3-10(11)18-9-6-19(13,14)7-9/h2-4,9H,5-7H2,1H3. The lowest BCUT2D eigenvalue weighted by Gasteiger charge is -2.27. The summed E-state index contributed by atoms with van der Waals surface area (Å²) in [5.41, 5.74) is 0.463. The lowest BCUT2D eigenvalue weighted by molar-refractivity contribution is 0.219. The van der Waals surface area contributed by atoms with Crippen molar-refractivity contribution in [2.45, 2.75) is 11.9 Å². The van der Waals surface area contributed by atoms with Gasteiger partial charge in [-0.3, -0.25) is 0 Å². The Hall–Kier alpha value is -0.990. The molecule has 0 spiro atoms. The first-order chi connectivity index (χ1) is 9.18. The van der Waals surface area contributed by atoms with Gasteiger partial charge in [0.25, 0.3) is 0 Å². The molecule has 112 valence electrons. The van der Waals surface area contributed by atoms with E-state index in [-0.39, 0.29) is 17.3 Å². The Kier molecular flexibility index (Phi) is 4.17. The van der Waals surface area contributed by atoms with Crippen LogP contribution in [-0.2, 0) is 24.6 Å². The van der Waals surface area contributed by atoms with Crippen LogP contribution in [0, 0.1) is 0 Å². The fourth-order valence-electron chi connectivity index (χ4n) is 1.86. The Bertz CT molecular complexity index is 698. The van der Waals surface area contributed by atoms with Crippen molar-refractivity contribution in [3.63, 3.8) is 0 Å². The second-order valence-corrected chi connectivity index (χ2v) is 9.42. The van der Waals surface area contributed by atoms with Gasteiger partial charge in [0, 0.05) is 10.7 Å². The summed E-state index contributed by atoms with van der Waals surface area (Å²) in [5.74, 6) is 0.362. The molecule has 20 heavy (non-hydrogen) atoms. The van der Waals surface area contributed by atoms with Crippen molar-refractivity contribution in [1.82, 2.24) is 0 Å². The number of hydrogen-bond donors (Lipinski definition) is 0. The van der Waals surface area contributed by atoms with Crippen LogP contribution in [0.3, 0.4) is 0 Å². The SMILES string of the molecule is COc1cc(CS(=O)(=O)Cl)ccc1OC1CS(=O)(=O)C1. The Labute approximate surface area is 122 Å². The molecule has 0 amide bonds. The Morgan fingerprint density at radius 2 is 1.95 bits per heavy atom. The number of halogens is 1. The zero-order valence-corrected chi connectivity index (χ0v) is 13.0. The zero-order valence-electron chi connectivity index (χ0n) is 10.6. The molecular weight excluding hydrogens is 328 g/mol. The van der Waals surface area contributed by atoms with Gasteiger partial charge in [0.1, 0.15) is 6.10 Å². The molecule has 1 heterocycles. The van der Waals surface area contributed by atoms with Gasteiger partial charge in [0.05, 0.1) is 24.4 Å². The van der Waals surface area contributed by atoms with Crippen LogP contribution in [0.2, 0.25) is 0 Å². The summed E-state index contributed by atoms with van der Waals surface area (Å²) >= 11 is 0. The van der Waals surface area contributed by atoms with Gasteiger partial charge in [0.2, 0.25) is 9.05 Å². The van der Waals surface area contributed by atoms with Crippen molar-refractivity contribution in [2.75, 3.05) is 18.6 Å². The average molecular weight is 341 g/mol. The van der Waals surface area contributed by atoms with Gasteiger partial charge in [-0.2, -0.15) is 0 Å². The smallest absolute Gasteiger partial charge is 0.236 e. The quantitative estimate of drug-likeness (QED) is 0.741. The lowest BCUT2D eigenvalue weighted by atomic mass is 10.2. The third-order valence-electron chi connectivity index (χ3n) is 2.74. The molecule has 0 bridgehead atoms. The maximum atomic E-state index is 11.1. The van der Waals surface area contributed by atoms with E-state index in [9.17, 15) is 16.8 Å². The van der Waals surface area contributed by atoms with E-state index in [0.717, 1.165) is 0 Å². The van der Waals surface area contributed by atoms with E-state index in [2.05, 4.69) is 0 Å². The van der Waals surface area contributed by atoms with E-state index in [1.165, 1.54) is 13.2 Å². The van der Waals surface area contributed by atoms with Gasteiger partial charge in [-0.1, -0.05) is 6.07 Å². The molecule has 0 atom stereocenters. The summed E-state index contributed by atoms with van der Waals surface area (Å²) in [4.78, 5) is 0. The molecule has 1 aliphatic heterocycles. The highest BCUT2D eigenvalue weighted by Crippen LogP contribution is 2.31. The first-order valence-electron chi connectivity index (χ1n) is 5.65. The van der Waals surface area contributed by atoms with Crippen molar-refractivity contribution in [1.29, 1.82) is 0 Å². The van der Waals surface area contributed by atoms with Crippen LogP contribution >= 0.6 is 10.7 Å². The van der Waals surface area contributed by atoms with Crippen molar-refractivity contribution in [3.8, 4) is 11.5 Å². The molecule has 1 saturated heterocycles. The zero-order chi connectivity index (χ0) is 15.0. The summed E-state index contributed by atoms with van der Waals surface area (Å²) < 4.78 is 54.8. The van der Waals surface area contributed by atoms with Gasteiger partial charge in [0.15, 0.2) is 21.3 Å². The van der Waals surface area contributed by atoms with Crippen LogP contribution in [0.25, 0.3) is 0 Å². The minimum Gasteiger partial charge on any atom is -0.493 e. The number of hydrogen-bond acceptors (Lipinski definition) is 6. The summed E-state index contributed by atoms with van der Waals surface area (Å²) in [7, 11) is -0.0164. The highest BCUT2D eigenvalue weighted by Gasteiger charge is 2.35. The Morgan fingerprint density at radius 3 is 2.45 bits per heavy atom. The van der Waals surface area contributed by atoms with Gasteiger partial charge in [-0.15, -0.1) is 0 Å². The lowest BCUT2D eigenvalue weighted by Crippen LogP contribution is -2.45. The van der Waals surface area contributed by atoms with Crippen molar-refractivity contribution < 1.29 is 26.3 Å². The van der Waals surface area contributed by atoms with E-state index >= 15 is 0 Å². The second kappa shape index (κ2) is 5.42. The maximum absolute atomic E-state index is 11.1. The van der Waals surface area contributed by atoms with Crippen molar-refractivity contribution in [2.24, 2.45) is 0 Å². The van der Waals surface area contributed by atoms with Gasteiger partial charge in [-0.25, -0.2) is 16.8 Å². The molecule has 9 heteroatoms. The van der Waals surface area contributed by atoms with E-state index in [1.807, 2.05) is 0 Å². The van der Waals surface area contributed by atoms with Gasteiger partial charge < -0.3 is 9.47 Å². The van der Waals surface area contributed by atoms with Crippen molar-refractivity contribution >= 4 is 29.6 Å². The largest absolute Gasteiger partial charge is 0.493 e. The fraction of sp³-hybridized carbons (Fsp3) is 0.455. The average Bonchev–Trinajstić information content (AvgIpc) is 2.26. The number of benzene rings is 1. The molecule has 1 aromatic carbocycles. The highest BCUT2D eigenvalue weighted by molar-refractivity contribution is 8.13. The molecule has 0 radical (unpaired) electrons. The third kappa shape index (κ3) is 4.00. The predicted molar refractivity (Wildman–Crippen MR) is 74.5 cm³/mol. The van der Waals surface area contributed by atoms with Crippen LogP contribution in [0.4, 0.5) is 0 Å². The van der Waals surface area contributed by atoms with E-state index in [0.29, 0.717) is 17.1 Å². The normalized spacial score (nSPS) is 18.3. The van der Waals surface area contributed by atoms with Gasteiger partial charge >= 0.3 is 0 Å². The fourth-order valence-corrected chi connectivity index (χ4v) is 3.99. The van der Waals surface area contributed by atoms with E-state index in [1.54, 1.807) is 12.1 Å². The minimum atomic E-state index is -3.65. The topological polar surface area (TPSA) is 86.7 Å². The molecule has 6 nitrogen and oxygen atoms in total. The second-order valence-electron chi connectivity index (χ2n) is 4.49. The summed E-state index contributed by atoms with van der Waals surface area (Å²) in [6, 6.07) is 4.59. The first kappa shape index (κ1) is 15.4. The maximum Gasteiger partial charge on any atom is 0.236 e. The number of sulfone groups is 1. The Morgan fingerprint density at radius 1 is 1.30 bits per heavy atom. The molecule has 1 fully saturated rings. The molecule has 1 aliphatic rings. The van der Waals surface area contributed by atoms with Crippen molar-refractivity contribution in [3.05, 3.63) is 23.8 Å². The molecule has 1 aromatic rings. The monoisotopic (exact) mass is 340 g/mol. The van der Waals surface area contributed by atoms with Gasteiger partial charge in [-0.05, 0) is 17.7 Å². The van der Waals surface area contributed by atoms with E-state index < -0.39 is 25.0 Å². The number of ether oxygens (including phenoxy) is 2. The van der Waals surface area contributed by atoms with Crippen LogP contribution in [0.15, 0.2) is 18.2 Å². The third-order valence-corrected chi connectivity index (χ3v) is 5.51. The summed E-state index contributed by atoms with van der Waals surface area (Å²) in [6.45, 7) is 0. The summed E-state index contributed by atoms with van der Waals surface area (Å²) in [6.07, 6.45) is -0.392. The molecule has 0 saturated carbocycles. The van der Waals surface area contributed by atoms with Crippen LogP contribution < -0.4 is 9.47 Å². The van der Waals surface area contributed by atoms with Crippen LogP contribution in [0.1, 0.15) is 5.56 Å². The molecule has 0 aliphatic carbocycles. The Balaban J connectivity index is 2.14. The first-order valence-corrected chi connectivity index (χ1v) is 9.95. The number of methoxy groups -OCH3 is 1. The highest BCUT2D eigenvalue weighted by atomic mass is 35.7. The molecule has 0 N–H and O–H groups in total. The van der Waals surface area contributed by atoms with Crippen LogP contribution in [-0.4, -0.2) is 41.6 Å². The predicted octanol–water partition coefficient (Wildman–Crippen LogP) is 0.940. The molecular formula is C11H13ClO6S2. The summed E-state index contributed by atoms with van der Waals surface area (Å²) in [5, 5.41) is 0. The minimum absolute atomic E-state index is 0.0199. The van der Waals surface area contributed by atoms with E-state index in [4.69, 9.17) is 20.2 Å². The van der Waals surface area contributed by atoms with Crippen LogP contribution in [0.5, 0.6) is 11.5 Å².